The zero-order valence-electron chi connectivity index (χ0n) is 28.0. The van der Waals surface area contributed by atoms with Crippen LogP contribution in [0.15, 0.2) is 24.3 Å². The van der Waals surface area contributed by atoms with Crippen molar-refractivity contribution in [2.75, 3.05) is 64.6 Å². The van der Waals surface area contributed by atoms with Gasteiger partial charge in [0, 0.05) is 70.4 Å². The number of nitrogens with zero attached hydrogens (tertiary/aromatic N) is 1. The Hall–Kier alpha value is -1.27. The van der Waals surface area contributed by atoms with Gasteiger partial charge < -0.3 is 30.9 Å². The number of methoxy groups -OCH3 is 1. The van der Waals surface area contributed by atoms with Crippen molar-refractivity contribution in [2.45, 2.75) is 71.9 Å². The van der Waals surface area contributed by atoms with Crippen molar-refractivity contribution in [1.82, 2.24) is 15.5 Å². The van der Waals surface area contributed by atoms with Gasteiger partial charge in [-0.15, -0.1) is 24.8 Å². The molecule has 1 aromatic rings. The largest absolute Gasteiger partial charge is 0.493 e. The predicted octanol–water partition coefficient (Wildman–Crippen LogP) is 4.63. The van der Waals surface area contributed by atoms with E-state index in [-0.39, 0.29) is 60.3 Å². The van der Waals surface area contributed by atoms with Crippen LogP contribution in [0.4, 0.5) is 0 Å². The Bertz CT molecular complexity index is 940. The van der Waals surface area contributed by atoms with Crippen LogP contribution in [0.2, 0.25) is 0 Å². The van der Waals surface area contributed by atoms with E-state index < -0.39 is 12.1 Å². The van der Waals surface area contributed by atoms with Gasteiger partial charge in [-0.2, -0.15) is 11.8 Å². The first-order chi connectivity index (χ1) is 20.6. The molecule has 2 rings (SSSR count). The molecule has 4 atom stereocenters. The van der Waals surface area contributed by atoms with E-state index in [1.54, 1.807) is 13.2 Å². The fourth-order valence-electron chi connectivity index (χ4n) is 5.29. The van der Waals surface area contributed by atoms with Crippen molar-refractivity contribution < 1.29 is 24.2 Å². The lowest BCUT2D eigenvalue weighted by Gasteiger charge is -2.30. The standard InChI is InChI=1S/C33H58N4O5S.2ClH/c1-24(2)26(22-32(39)35-12-13-37-14-18-43-19-15-37)21-30(38)29(34)20-27(25(3)4)23-36-33(40)28-10-6-7-11-31(28)42-17-9-8-16-41-5;;/h6-7,10-11,24-27,29-30,38H,8-9,12-23,34H2,1-5H3,(H,35,39)(H,36,40);2*1H/t26-,27+,29-,30-;;/m0../s1. The van der Waals surface area contributed by atoms with E-state index in [0.717, 1.165) is 44.0 Å². The lowest BCUT2D eigenvalue weighted by atomic mass is 9.82. The number of nitrogens with one attached hydrogen (secondary N) is 2. The van der Waals surface area contributed by atoms with Crippen LogP contribution in [0.1, 0.15) is 70.2 Å². The molecule has 0 saturated carbocycles. The number of hydrogen-bond acceptors (Lipinski definition) is 8. The molecule has 12 heteroatoms. The monoisotopic (exact) mass is 694 g/mol. The first kappa shape index (κ1) is 43.7. The maximum atomic E-state index is 13.1. The SMILES string of the molecule is COCCCCOc1ccccc1C(=O)NC[C@@H](C[C@H](N)[C@@H](O)C[C@@H](CC(=O)NCCN1CCSCC1)C(C)C)C(C)C.Cl.Cl. The van der Waals surface area contributed by atoms with Crippen molar-refractivity contribution in [1.29, 1.82) is 0 Å². The molecule has 262 valence electrons. The number of ether oxygens (including phenoxy) is 2. The third-order valence-electron chi connectivity index (χ3n) is 8.46. The highest BCUT2D eigenvalue weighted by molar-refractivity contribution is 7.99. The highest BCUT2D eigenvalue weighted by Crippen LogP contribution is 2.25. The number of halogens is 2. The maximum Gasteiger partial charge on any atom is 0.255 e. The fraction of sp³-hybridized carbons (Fsp3) is 0.758. The number of rotatable bonds is 21. The zero-order valence-corrected chi connectivity index (χ0v) is 30.5. The van der Waals surface area contributed by atoms with E-state index in [4.69, 9.17) is 15.2 Å². The number of hydrogen-bond donors (Lipinski definition) is 4. The summed E-state index contributed by atoms with van der Waals surface area (Å²) in [6.07, 6.45) is 2.45. The second kappa shape index (κ2) is 24.8. The Morgan fingerprint density at radius 1 is 0.978 bits per heavy atom. The molecular weight excluding hydrogens is 635 g/mol. The Balaban J connectivity index is 0.00000968. The van der Waals surface area contributed by atoms with E-state index >= 15 is 0 Å². The number of aliphatic hydroxyl groups excluding tert-OH is 1. The third kappa shape index (κ3) is 17.5. The van der Waals surface area contributed by atoms with Gasteiger partial charge in [0.2, 0.25) is 5.91 Å². The van der Waals surface area contributed by atoms with Crippen LogP contribution in [0, 0.1) is 23.7 Å². The molecule has 1 aliphatic heterocycles. The van der Waals surface area contributed by atoms with Crippen LogP contribution in [0.25, 0.3) is 0 Å². The fourth-order valence-corrected chi connectivity index (χ4v) is 6.27. The summed E-state index contributed by atoms with van der Waals surface area (Å²) in [6.45, 7) is 13.8. The molecule has 0 aromatic heterocycles. The average Bonchev–Trinajstić information content (AvgIpc) is 2.99. The molecule has 0 spiro atoms. The van der Waals surface area contributed by atoms with Crippen molar-refractivity contribution in [3.05, 3.63) is 29.8 Å². The highest BCUT2D eigenvalue weighted by atomic mass is 35.5. The Labute approximate surface area is 288 Å². The van der Waals surface area contributed by atoms with Crippen molar-refractivity contribution in [3.63, 3.8) is 0 Å². The van der Waals surface area contributed by atoms with Crippen LogP contribution in [0.3, 0.4) is 0 Å². The predicted molar refractivity (Wildman–Crippen MR) is 191 cm³/mol. The van der Waals surface area contributed by atoms with E-state index in [9.17, 15) is 14.7 Å². The summed E-state index contributed by atoms with van der Waals surface area (Å²) in [4.78, 5) is 28.2. The Kier molecular flexibility index (Phi) is 24.1. The van der Waals surface area contributed by atoms with E-state index in [1.807, 2.05) is 30.0 Å². The highest BCUT2D eigenvalue weighted by Gasteiger charge is 2.28. The normalized spacial score (nSPS) is 16.2. The van der Waals surface area contributed by atoms with E-state index in [2.05, 4.69) is 43.2 Å². The Morgan fingerprint density at radius 3 is 2.27 bits per heavy atom. The second-order valence-corrected chi connectivity index (χ2v) is 13.7. The quantitative estimate of drug-likeness (QED) is 0.137. The molecule has 0 bridgehead atoms. The first-order valence-electron chi connectivity index (χ1n) is 16.1. The van der Waals surface area contributed by atoms with Crippen LogP contribution in [-0.2, 0) is 9.53 Å². The molecule has 2 amide bonds. The maximum absolute atomic E-state index is 13.1. The van der Waals surface area contributed by atoms with Crippen LogP contribution >= 0.6 is 36.6 Å². The molecule has 1 fully saturated rings. The molecule has 1 saturated heterocycles. The lowest BCUT2D eigenvalue weighted by Crippen LogP contribution is -2.42. The molecule has 0 radical (unpaired) electrons. The van der Waals surface area contributed by atoms with Gasteiger partial charge >= 0.3 is 0 Å². The molecule has 0 unspecified atom stereocenters. The van der Waals surface area contributed by atoms with Crippen molar-refractivity contribution in [2.24, 2.45) is 29.4 Å². The molecule has 0 aliphatic carbocycles. The molecule has 1 heterocycles. The molecule has 5 N–H and O–H groups in total. The van der Waals surface area contributed by atoms with Gasteiger partial charge in [-0.3, -0.25) is 14.5 Å². The van der Waals surface area contributed by atoms with Gasteiger partial charge in [-0.05, 0) is 61.5 Å². The van der Waals surface area contributed by atoms with Crippen LogP contribution < -0.4 is 21.1 Å². The number of carbonyl (C=O) groups excluding carboxylic acids is 2. The number of thioether (sulfide) groups is 1. The van der Waals surface area contributed by atoms with Crippen molar-refractivity contribution in [3.8, 4) is 5.75 Å². The molecular formula is C33H60Cl2N4O5S. The summed E-state index contributed by atoms with van der Waals surface area (Å²) in [5, 5.41) is 17.2. The summed E-state index contributed by atoms with van der Waals surface area (Å²) in [7, 11) is 1.68. The number of unbranched alkanes of at least 4 members (excludes halogenated alkanes) is 1. The summed E-state index contributed by atoms with van der Waals surface area (Å²) >= 11 is 1.98. The van der Waals surface area contributed by atoms with Gasteiger partial charge in [-0.25, -0.2) is 0 Å². The molecule has 9 nitrogen and oxygen atoms in total. The third-order valence-corrected chi connectivity index (χ3v) is 9.40. The van der Waals surface area contributed by atoms with Gasteiger partial charge in [0.1, 0.15) is 5.75 Å². The second-order valence-electron chi connectivity index (χ2n) is 12.5. The van der Waals surface area contributed by atoms with Gasteiger partial charge in [0.05, 0.1) is 18.3 Å². The van der Waals surface area contributed by atoms with Gasteiger partial charge in [0.25, 0.3) is 5.91 Å². The number of para-hydroxylation sites is 1. The molecule has 45 heavy (non-hydrogen) atoms. The minimum Gasteiger partial charge on any atom is -0.493 e. The van der Waals surface area contributed by atoms with Gasteiger partial charge in [-0.1, -0.05) is 39.8 Å². The van der Waals surface area contributed by atoms with E-state index in [0.29, 0.717) is 56.9 Å². The number of nitrogens with two attached hydrogens (primary N) is 1. The minimum atomic E-state index is -0.727. The number of amides is 2. The smallest absolute Gasteiger partial charge is 0.255 e. The number of aliphatic hydroxyl groups is 1. The number of benzene rings is 1. The van der Waals surface area contributed by atoms with Crippen LogP contribution in [0.5, 0.6) is 5.75 Å². The summed E-state index contributed by atoms with van der Waals surface area (Å²) < 4.78 is 11.0. The van der Waals surface area contributed by atoms with Gasteiger partial charge in [0.15, 0.2) is 0 Å². The van der Waals surface area contributed by atoms with Crippen molar-refractivity contribution >= 4 is 48.4 Å². The minimum absolute atomic E-state index is 0. The zero-order chi connectivity index (χ0) is 31.6. The molecule has 1 aromatic carbocycles. The molecule has 1 aliphatic rings. The summed E-state index contributed by atoms with van der Waals surface area (Å²) in [6, 6.07) is 6.83. The van der Waals surface area contributed by atoms with Crippen LogP contribution in [-0.4, -0.2) is 98.5 Å². The van der Waals surface area contributed by atoms with E-state index in [1.165, 1.54) is 0 Å². The number of carbonyl (C=O) groups is 2. The summed E-state index contributed by atoms with van der Waals surface area (Å²) in [5.41, 5.74) is 7.04. The first-order valence-corrected chi connectivity index (χ1v) is 17.3. The summed E-state index contributed by atoms with van der Waals surface area (Å²) in [5.74, 6) is 3.37. The topological polar surface area (TPSA) is 126 Å². The average molecular weight is 696 g/mol. The Morgan fingerprint density at radius 2 is 1.62 bits per heavy atom. The lowest BCUT2D eigenvalue weighted by molar-refractivity contribution is -0.122.